The Morgan fingerprint density at radius 1 is 0.913 bits per heavy atom. The van der Waals surface area contributed by atoms with E-state index >= 15 is 0 Å². The molecule has 0 aliphatic carbocycles. The number of methoxy groups -OCH3 is 2. The van der Waals surface area contributed by atoms with Crippen LogP contribution in [0.4, 0.5) is 0 Å². The van der Waals surface area contributed by atoms with Gasteiger partial charge in [0.15, 0.2) is 0 Å². The molecule has 1 aromatic heterocycles. The molecule has 6 nitrogen and oxygen atoms in total. The first-order valence-corrected chi connectivity index (χ1v) is 8.41. The largest absolute Gasteiger partial charge is 0.385 e. The summed E-state index contributed by atoms with van der Waals surface area (Å²) in [7, 11) is 6.80. The standard InChI is InChI=1S/C16H26N2O4S/c1-17(9-5-11-21-3)15(19)13-7-8-14(23-13)16(20)18(2)10-6-12-22-4/h7-8H,5-6,9-12H2,1-4H3. The van der Waals surface area contributed by atoms with Gasteiger partial charge in [-0.25, -0.2) is 0 Å². The molecule has 2 amide bonds. The summed E-state index contributed by atoms with van der Waals surface area (Å²) in [5.41, 5.74) is 0. The molecule has 1 rings (SSSR count). The maximum Gasteiger partial charge on any atom is 0.263 e. The Labute approximate surface area is 142 Å². The van der Waals surface area contributed by atoms with E-state index in [-0.39, 0.29) is 11.8 Å². The molecule has 130 valence electrons. The molecule has 1 heterocycles. The summed E-state index contributed by atoms with van der Waals surface area (Å²) in [6.45, 7) is 2.51. The number of carbonyl (C=O) groups is 2. The van der Waals surface area contributed by atoms with E-state index in [9.17, 15) is 9.59 Å². The van der Waals surface area contributed by atoms with Crippen molar-refractivity contribution in [2.75, 3.05) is 54.6 Å². The minimum Gasteiger partial charge on any atom is -0.385 e. The zero-order valence-corrected chi connectivity index (χ0v) is 15.1. The lowest BCUT2D eigenvalue weighted by atomic mass is 10.3. The Balaban J connectivity index is 2.58. The molecule has 0 saturated heterocycles. The highest BCUT2D eigenvalue weighted by molar-refractivity contribution is 7.15. The molecule has 0 atom stereocenters. The van der Waals surface area contributed by atoms with Gasteiger partial charge in [0.1, 0.15) is 0 Å². The first kappa shape index (κ1) is 19.6. The van der Waals surface area contributed by atoms with E-state index in [1.54, 1.807) is 50.2 Å². The lowest BCUT2D eigenvalue weighted by Crippen LogP contribution is -2.28. The van der Waals surface area contributed by atoms with Gasteiger partial charge in [0, 0.05) is 54.6 Å². The number of hydrogen-bond acceptors (Lipinski definition) is 5. The van der Waals surface area contributed by atoms with Gasteiger partial charge in [0.2, 0.25) is 0 Å². The van der Waals surface area contributed by atoms with E-state index in [0.717, 1.165) is 12.8 Å². The van der Waals surface area contributed by atoms with Crippen LogP contribution in [-0.2, 0) is 9.47 Å². The van der Waals surface area contributed by atoms with Gasteiger partial charge in [-0.3, -0.25) is 9.59 Å². The van der Waals surface area contributed by atoms with Crippen LogP contribution >= 0.6 is 11.3 Å². The van der Waals surface area contributed by atoms with Crippen molar-refractivity contribution >= 4 is 23.2 Å². The SMILES string of the molecule is COCCCN(C)C(=O)c1ccc(C(=O)N(C)CCCOC)s1. The maximum absolute atomic E-state index is 12.3. The van der Waals surface area contributed by atoms with Crippen molar-refractivity contribution in [3.05, 3.63) is 21.9 Å². The minimum atomic E-state index is -0.0628. The number of carbonyl (C=O) groups excluding carboxylic acids is 2. The van der Waals surface area contributed by atoms with Gasteiger partial charge in [0.25, 0.3) is 11.8 Å². The summed E-state index contributed by atoms with van der Waals surface area (Å²) in [5.74, 6) is -0.126. The second kappa shape index (κ2) is 10.4. The molecular formula is C16H26N2O4S. The third kappa shape index (κ3) is 6.29. The third-order valence-corrected chi connectivity index (χ3v) is 4.47. The molecule has 23 heavy (non-hydrogen) atoms. The van der Waals surface area contributed by atoms with Crippen LogP contribution in [0.1, 0.15) is 32.2 Å². The summed E-state index contributed by atoms with van der Waals surface area (Å²) in [6, 6.07) is 3.44. The second-order valence-electron chi connectivity index (χ2n) is 5.31. The zero-order chi connectivity index (χ0) is 17.2. The monoisotopic (exact) mass is 342 g/mol. The van der Waals surface area contributed by atoms with Crippen LogP contribution in [0.25, 0.3) is 0 Å². The van der Waals surface area contributed by atoms with Gasteiger partial charge in [-0.05, 0) is 25.0 Å². The fraction of sp³-hybridized carbons (Fsp3) is 0.625. The van der Waals surface area contributed by atoms with Crippen molar-refractivity contribution in [2.45, 2.75) is 12.8 Å². The van der Waals surface area contributed by atoms with E-state index in [2.05, 4.69) is 0 Å². The molecule has 0 radical (unpaired) electrons. The molecule has 0 fully saturated rings. The maximum atomic E-state index is 12.3. The van der Waals surface area contributed by atoms with E-state index in [0.29, 0.717) is 36.1 Å². The first-order chi connectivity index (χ1) is 11.0. The highest BCUT2D eigenvalue weighted by atomic mass is 32.1. The molecule has 0 unspecified atom stereocenters. The van der Waals surface area contributed by atoms with Crippen LogP contribution in [0.5, 0.6) is 0 Å². The lowest BCUT2D eigenvalue weighted by Gasteiger charge is -2.16. The smallest absolute Gasteiger partial charge is 0.263 e. The Hall–Kier alpha value is -1.44. The van der Waals surface area contributed by atoms with E-state index in [4.69, 9.17) is 9.47 Å². The van der Waals surface area contributed by atoms with Crippen LogP contribution in [-0.4, -0.2) is 76.2 Å². The Morgan fingerprint density at radius 3 is 1.65 bits per heavy atom. The van der Waals surface area contributed by atoms with Crippen molar-refractivity contribution in [2.24, 2.45) is 0 Å². The molecule has 0 aliphatic rings. The zero-order valence-electron chi connectivity index (χ0n) is 14.3. The average Bonchev–Trinajstić information content (AvgIpc) is 3.03. The quantitative estimate of drug-likeness (QED) is 0.610. The molecular weight excluding hydrogens is 316 g/mol. The fourth-order valence-electron chi connectivity index (χ4n) is 2.04. The molecule has 7 heteroatoms. The second-order valence-corrected chi connectivity index (χ2v) is 6.39. The summed E-state index contributed by atoms with van der Waals surface area (Å²) in [5, 5.41) is 0. The Kier molecular flexibility index (Phi) is 8.83. The molecule has 0 N–H and O–H groups in total. The predicted octanol–water partition coefficient (Wildman–Crippen LogP) is 1.97. The molecule has 0 bridgehead atoms. The number of thiophene rings is 1. The highest BCUT2D eigenvalue weighted by Gasteiger charge is 2.18. The van der Waals surface area contributed by atoms with E-state index in [1.807, 2.05) is 0 Å². The van der Waals surface area contributed by atoms with Crippen LogP contribution in [0.3, 0.4) is 0 Å². The van der Waals surface area contributed by atoms with Gasteiger partial charge < -0.3 is 19.3 Å². The van der Waals surface area contributed by atoms with Gasteiger partial charge in [-0.15, -0.1) is 11.3 Å². The summed E-state index contributed by atoms with van der Waals surface area (Å²) < 4.78 is 9.97. The Morgan fingerprint density at radius 2 is 1.30 bits per heavy atom. The van der Waals surface area contributed by atoms with Gasteiger partial charge in [-0.1, -0.05) is 0 Å². The Bertz CT molecular complexity index is 462. The molecule has 0 aromatic carbocycles. The number of rotatable bonds is 10. The van der Waals surface area contributed by atoms with Crippen LogP contribution < -0.4 is 0 Å². The summed E-state index contributed by atoms with van der Waals surface area (Å²) in [4.78, 5) is 29.1. The van der Waals surface area contributed by atoms with Crippen molar-refractivity contribution in [3.8, 4) is 0 Å². The van der Waals surface area contributed by atoms with E-state index < -0.39 is 0 Å². The van der Waals surface area contributed by atoms with Crippen molar-refractivity contribution < 1.29 is 19.1 Å². The number of hydrogen-bond donors (Lipinski definition) is 0. The number of amides is 2. The van der Waals surface area contributed by atoms with Crippen molar-refractivity contribution in [1.82, 2.24) is 9.80 Å². The number of nitrogens with zero attached hydrogens (tertiary/aromatic N) is 2. The molecule has 0 spiro atoms. The topological polar surface area (TPSA) is 59.1 Å². The molecule has 0 aliphatic heterocycles. The molecule has 1 aromatic rings. The normalized spacial score (nSPS) is 10.6. The van der Waals surface area contributed by atoms with Crippen LogP contribution in [0.15, 0.2) is 12.1 Å². The fourth-order valence-corrected chi connectivity index (χ4v) is 3.03. The minimum absolute atomic E-state index is 0.0628. The third-order valence-electron chi connectivity index (χ3n) is 3.40. The predicted molar refractivity (Wildman–Crippen MR) is 91.2 cm³/mol. The van der Waals surface area contributed by atoms with Crippen molar-refractivity contribution in [3.63, 3.8) is 0 Å². The summed E-state index contributed by atoms with van der Waals surface area (Å²) >= 11 is 1.24. The van der Waals surface area contributed by atoms with Gasteiger partial charge in [0.05, 0.1) is 9.75 Å². The van der Waals surface area contributed by atoms with Crippen LogP contribution in [0.2, 0.25) is 0 Å². The summed E-state index contributed by atoms with van der Waals surface area (Å²) in [6.07, 6.45) is 1.58. The highest BCUT2D eigenvalue weighted by Crippen LogP contribution is 2.19. The lowest BCUT2D eigenvalue weighted by molar-refractivity contribution is 0.0778. The average molecular weight is 342 g/mol. The van der Waals surface area contributed by atoms with Crippen LogP contribution in [0, 0.1) is 0 Å². The van der Waals surface area contributed by atoms with Gasteiger partial charge >= 0.3 is 0 Å². The van der Waals surface area contributed by atoms with Crippen molar-refractivity contribution in [1.29, 1.82) is 0 Å². The molecule has 0 saturated carbocycles. The van der Waals surface area contributed by atoms with Gasteiger partial charge in [-0.2, -0.15) is 0 Å². The first-order valence-electron chi connectivity index (χ1n) is 7.60. The number of ether oxygens (including phenoxy) is 2. The van der Waals surface area contributed by atoms with E-state index in [1.165, 1.54) is 11.3 Å².